The number of hydrogen-bond donors (Lipinski definition) is 1. The molecule has 30 heavy (non-hydrogen) atoms. The number of sulfonamides is 1. The highest BCUT2D eigenvalue weighted by atomic mass is 32.2. The molecule has 1 amide bonds. The Morgan fingerprint density at radius 2 is 1.93 bits per heavy atom. The summed E-state index contributed by atoms with van der Waals surface area (Å²) >= 11 is 0. The van der Waals surface area contributed by atoms with Crippen LogP contribution in [0.4, 0.5) is 5.69 Å². The molecule has 3 aromatic rings. The van der Waals surface area contributed by atoms with Gasteiger partial charge in [0.25, 0.3) is 0 Å². The van der Waals surface area contributed by atoms with Crippen molar-refractivity contribution in [1.82, 2.24) is 8.87 Å². The number of ether oxygens (including phenoxy) is 1. The van der Waals surface area contributed by atoms with E-state index in [1.807, 2.05) is 0 Å². The summed E-state index contributed by atoms with van der Waals surface area (Å²) in [6, 6.07) is 10.3. The fraction of sp³-hybridized carbons (Fsp3) is 0.300. The molecule has 160 valence electrons. The lowest BCUT2D eigenvalue weighted by atomic mass is 10.2. The van der Waals surface area contributed by atoms with Gasteiger partial charge in [-0.3, -0.25) is 9.36 Å². The normalized spacial score (nSPS) is 12.8. The minimum Gasteiger partial charge on any atom is -0.492 e. The van der Waals surface area contributed by atoms with Crippen molar-refractivity contribution in [1.29, 1.82) is 0 Å². The van der Waals surface area contributed by atoms with Crippen molar-refractivity contribution in [3.05, 3.63) is 53.0 Å². The van der Waals surface area contributed by atoms with Crippen molar-refractivity contribution in [2.24, 2.45) is 0 Å². The zero-order chi connectivity index (χ0) is 22.1. The topological polar surface area (TPSA) is 111 Å². The van der Waals surface area contributed by atoms with E-state index in [0.717, 1.165) is 4.31 Å². The Labute approximate surface area is 173 Å². The van der Waals surface area contributed by atoms with Crippen molar-refractivity contribution >= 4 is 32.7 Å². The van der Waals surface area contributed by atoms with Gasteiger partial charge in [-0.15, -0.1) is 0 Å². The minimum absolute atomic E-state index is 0.0641. The third kappa shape index (κ3) is 3.96. The van der Waals surface area contributed by atoms with Gasteiger partial charge in [0.05, 0.1) is 12.1 Å². The Balaban J connectivity index is 1.95. The van der Waals surface area contributed by atoms with Crippen LogP contribution >= 0.6 is 0 Å². The van der Waals surface area contributed by atoms with Crippen molar-refractivity contribution in [3.63, 3.8) is 0 Å². The van der Waals surface area contributed by atoms with Crippen LogP contribution in [0.1, 0.15) is 19.9 Å². The number of nitrogens with one attached hydrogen (secondary N) is 1. The molecule has 10 heteroatoms. The number of oxazole rings is 1. The molecule has 0 bridgehead atoms. The predicted molar refractivity (Wildman–Crippen MR) is 112 cm³/mol. The molecule has 1 aromatic heterocycles. The van der Waals surface area contributed by atoms with Gasteiger partial charge in [0, 0.05) is 19.8 Å². The summed E-state index contributed by atoms with van der Waals surface area (Å²) < 4.78 is 38.2. The number of rotatable bonds is 7. The van der Waals surface area contributed by atoms with Crippen LogP contribution in [0.2, 0.25) is 0 Å². The minimum atomic E-state index is -3.80. The number of aromatic nitrogens is 1. The van der Waals surface area contributed by atoms with Crippen LogP contribution in [-0.4, -0.2) is 43.9 Å². The van der Waals surface area contributed by atoms with Gasteiger partial charge < -0.3 is 14.5 Å². The lowest BCUT2D eigenvalue weighted by Crippen LogP contribution is -2.29. The second-order valence-corrected chi connectivity index (χ2v) is 8.87. The first-order chi connectivity index (χ1) is 14.2. The van der Waals surface area contributed by atoms with Gasteiger partial charge in [-0.25, -0.2) is 17.5 Å². The van der Waals surface area contributed by atoms with E-state index in [1.54, 1.807) is 44.2 Å². The molecule has 0 unspecified atom stereocenters. The number of amides is 1. The Morgan fingerprint density at radius 1 is 1.23 bits per heavy atom. The van der Waals surface area contributed by atoms with Crippen LogP contribution in [0, 0.1) is 0 Å². The maximum atomic E-state index is 12.8. The number of benzene rings is 2. The summed E-state index contributed by atoms with van der Waals surface area (Å²) in [5.74, 6) is -0.961. The SMILES string of the molecule is CCOc1ccc(NC(=O)[C@@H](C)n2c(=O)oc3ccccc32)cc1S(=O)(=O)N(C)C. The molecule has 1 atom stereocenters. The zero-order valence-electron chi connectivity index (χ0n) is 17.1. The average Bonchev–Trinajstić information content (AvgIpc) is 3.04. The molecule has 0 aliphatic heterocycles. The summed E-state index contributed by atoms with van der Waals surface area (Å²) in [6.07, 6.45) is 0. The summed E-state index contributed by atoms with van der Waals surface area (Å²) in [5, 5.41) is 2.66. The average molecular weight is 433 g/mol. The van der Waals surface area contributed by atoms with E-state index in [-0.39, 0.29) is 22.9 Å². The second kappa shape index (κ2) is 8.33. The first-order valence-corrected chi connectivity index (χ1v) is 10.7. The Hall–Kier alpha value is -3.11. The number of fused-ring (bicyclic) bond motifs is 1. The van der Waals surface area contributed by atoms with Gasteiger partial charge in [-0.1, -0.05) is 12.1 Å². The highest BCUT2D eigenvalue weighted by molar-refractivity contribution is 7.89. The molecule has 0 radical (unpaired) electrons. The summed E-state index contributed by atoms with van der Waals surface area (Å²) in [5.41, 5.74) is 1.13. The van der Waals surface area contributed by atoms with E-state index in [0.29, 0.717) is 11.1 Å². The van der Waals surface area contributed by atoms with E-state index in [2.05, 4.69) is 5.32 Å². The maximum absolute atomic E-state index is 12.8. The van der Waals surface area contributed by atoms with Crippen molar-refractivity contribution in [2.45, 2.75) is 24.8 Å². The molecule has 0 saturated heterocycles. The van der Waals surface area contributed by atoms with Crippen molar-refractivity contribution in [3.8, 4) is 5.75 Å². The summed E-state index contributed by atoms with van der Waals surface area (Å²) in [4.78, 5) is 25.0. The van der Waals surface area contributed by atoms with Gasteiger partial charge in [0.15, 0.2) is 5.58 Å². The molecule has 2 aromatic carbocycles. The van der Waals surface area contributed by atoms with Crippen molar-refractivity contribution in [2.75, 3.05) is 26.0 Å². The molecule has 1 heterocycles. The second-order valence-electron chi connectivity index (χ2n) is 6.75. The van der Waals surface area contributed by atoms with E-state index < -0.39 is 27.7 Å². The third-order valence-electron chi connectivity index (χ3n) is 4.56. The van der Waals surface area contributed by atoms with E-state index in [1.165, 1.54) is 30.8 Å². The van der Waals surface area contributed by atoms with Gasteiger partial charge >= 0.3 is 5.76 Å². The molecular weight excluding hydrogens is 410 g/mol. The van der Waals surface area contributed by atoms with E-state index in [9.17, 15) is 18.0 Å². The Bertz CT molecular complexity index is 1240. The van der Waals surface area contributed by atoms with Crippen LogP contribution < -0.4 is 15.8 Å². The smallest absolute Gasteiger partial charge is 0.420 e. The number of nitrogens with zero attached hydrogens (tertiary/aromatic N) is 2. The van der Waals surface area contributed by atoms with E-state index >= 15 is 0 Å². The maximum Gasteiger partial charge on any atom is 0.420 e. The van der Waals surface area contributed by atoms with Crippen LogP contribution in [0.3, 0.4) is 0 Å². The largest absolute Gasteiger partial charge is 0.492 e. The van der Waals surface area contributed by atoms with E-state index in [4.69, 9.17) is 9.15 Å². The van der Waals surface area contributed by atoms with Gasteiger partial charge in [0.1, 0.15) is 16.7 Å². The quantitative estimate of drug-likeness (QED) is 0.613. The molecule has 0 fully saturated rings. The molecule has 0 aliphatic carbocycles. The molecule has 3 rings (SSSR count). The number of carbonyl (C=O) groups excluding carboxylic acids is 1. The molecule has 1 N–H and O–H groups in total. The highest BCUT2D eigenvalue weighted by Gasteiger charge is 2.25. The number of carbonyl (C=O) groups is 1. The summed E-state index contributed by atoms with van der Waals surface area (Å²) in [6.45, 7) is 3.59. The first-order valence-electron chi connectivity index (χ1n) is 9.27. The predicted octanol–water partition coefficient (Wildman–Crippen LogP) is 2.44. The number of anilines is 1. The van der Waals surface area contributed by atoms with Crippen LogP contribution in [-0.2, 0) is 14.8 Å². The third-order valence-corrected chi connectivity index (χ3v) is 6.39. The molecular formula is C20H23N3O6S. The van der Waals surface area contributed by atoms with Crippen LogP contribution in [0.25, 0.3) is 11.1 Å². The summed E-state index contributed by atoms with van der Waals surface area (Å²) in [7, 11) is -0.977. The fourth-order valence-electron chi connectivity index (χ4n) is 2.97. The lowest BCUT2D eigenvalue weighted by Gasteiger charge is -2.18. The van der Waals surface area contributed by atoms with Gasteiger partial charge in [-0.2, -0.15) is 0 Å². The number of para-hydroxylation sites is 2. The standard InChI is InChI=1S/C20H23N3O6S/c1-5-28-17-11-10-14(12-18(17)30(26,27)22(3)4)21-19(24)13(2)23-15-8-6-7-9-16(15)29-20(23)25/h6-13H,5H2,1-4H3,(H,21,24)/t13-/m1/s1. The fourth-order valence-corrected chi connectivity index (χ4v) is 4.02. The van der Waals surface area contributed by atoms with Gasteiger partial charge in [-0.05, 0) is 44.2 Å². The van der Waals surface area contributed by atoms with Gasteiger partial charge in [0.2, 0.25) is 15.9 Å². The monoisotopic (exact) mass is 433 g/mol. The molecule has 9 nitrogen and oxygen atoms in total. The van der Waals surface area contributed by atoms with Crippen LogP contribution in [0.5, 0.6) is 5.75 Å². The Morgan fingerprint density at radius 3 is 2.60 bits per heavy atom. The molecule has 0 spiro atoms. The number of hydrogen-bond acceptors (Lipinski definition) is 6. The van der Waals surface area contributed by atoms with Crippen LogP contribution in [0.15, 0.2) is 56.6 Å². The lowest BCUT2D eigenvalue weighted by molar-refractivity contribution is -0.118. The molecule has 0 aliphatic rings. The Kier molecular flexibility index (Phi) is 5.99. The van der Waals surface area contributed by atoms with Crippen molar-refractivity contribution < 1.29 is 22.4 Å². The zero-order valence-corrected chi connectivity index (χ0v) is 17.9. The molecule has 0 saturated carbocycles. The highest BCUT2D eigenvalue weighted by Crippen LogP contribution is 2.29. The first kappa shape index (κ1) is 21.6.